The largest absolute Gasteiger partial charge is 0.493 e. The second-order valence-electron chi connectivity index (χ2n) is 4.15. The number of rotatable bonds is 4. The van der Waals surface area contributed by atoms with E-state index in [1.54, 1.807) is 18.2 Å². The molecule has 1 nitrogen and oxygen atoms in total. The summed E-state index contributed by atoms with van der Waals surface area (Å²) in [5, 5.41) is -0.692. The van der Waals surface area contributed by atoms with Gasteiger partial charge in [0, 0.05) is 11.6 Å². The van der Waals surface area contributed by atoms with Gasteiger partial charge in [-0.2, -0.15) is 0 Å². The summed E-state index contributed by atoms with van der Waals surface area (Å²) in [7, 11) is 0. The highest BCUT2D eigenvalue weighted by molar-refractivity contribution is 9.10. The molecule has 1 unspecified atom stereocenters. The Kier molecular flexibility index (Phi) is 5.00. The lowest BCUT2D eigenvalue weighted by Crippen LogP contribution is -1.99. The minimum atomic E-state index is -0.692. The van der Waals surface area contributed by atoms with Gasteiger partial charge in [-0.25, -0.2) is 8.78 Å². The highest BCUT2D eigenvalue weighted by Crippen LogP contribution is 2.35. The minimum Gasteiger partial charge on any atom is -0.493 e. The van der Waals surface area contributed by atoms with Crippen LogP contribution in [0.5, 0.6) is 5.75 Å². The van der Waals surface area contributed by atoms with Crippen molar-refractivity contribution in [3.8, 4) is 5.75 Å². The molecule has 0 aromatic heterocycles. The standard InChI is InChI=1S/C15H12BrClF2O/c1-2-20-14-6-3-9(7-12(14)16)15(17)11-5-4-10(18)8-13(11)19/h3-8,15H,2H2,1H3. The van der Waals surface area contributed by atoms with E-state index in [0.717, 1.165) is 10.5 Å². The summed E-state index contributed by atoms with van der Waals surface area (Å²) in [5.74, 6) is -0.585. The van der Waals surface area contributed by atoms with Gasteiger partial charge in [-0.05, 0) is 46.6 Å². The van der Waals surface area contributed by atoms with Gasteiger partial charge in [-0.15, -0.1) is 11.6 Å². The van der Waals surface area contributed by atoms with Crippen molar-refractivity contribution in [3.05, 3.63) is 63.6 Å². The van der Waals surface area contributed by atoms with Crippen LogP contribution in [0.25, 0.3) is 0 Å². The first-order chi connectivity index (χ1) is 9.52. The number of halogens is 4. The van der Waals surface area contributed by atoms with Crippen molar-refractivity contribution in [2.24, 2.45) is 0 Å². The summed E-state index contributed by atoms with van der Waals surface area (Å²) >= 11 is 9.65. The molecule has 5 heteroatoms. The number of hydrogen-bond acceptors (Lipinski definition) is 1. The Balaban J connectivity index is 2.33. The number of benzene rings is 2. The molecule has 0 saturated carbocycles. The Morgan fingerprint density at radius 2 is 1.95 bits per heavy atom. The van der Waals surface area contributed by atoms with E-state index in [9.17, 15) is 8.78 Å². The maximum absolute atomic E-state index is 13.7. The lowest BCUT2D eigenvalue weighted by Gasteiger charge is -2.13. The first kappa shape index (κ1) is 15.3. The third-order valence-electron chi connectivity index (χ3n) is 2.78. The van der Waals surface area contributed by atoms with E-state index >= 15 is 0 Å². The zero-order valence-corrected chi connectivity index (χ0v) is 13.0. The van der Waals surface area contributed by atoms with Crippen molar-refractivity contribution >= 4 is 27.5 Å². The predicted molar refractivity (Wildman–Crippen MR) is 79.4 cm³/mol. The van der Waals surface area contributed by atoms with Crippen molar-refractivity contribution < 1.29 is 13.5 Å². The first-order valence-corrected chi connectivity index (χ1v) is 7.27. The van der Waals surface area contributed by atoms with E-state index in [4.69, 9.17) is 16.3 Å². The van der Waals surface area contributed by atoms with Gasteiger partial charge in [0.1, 0.15) is 17.4 Å². The summed E-state index contributed by atoms with van der Waals surface area (Å²) in [6.45, 7) is 2.44. The zero-order chi connectivity index (χ0) is 14.7. The van der Waals surface area contributed by atoms with Gasteiger partial charge in [-0.3, -0.25) is 0 Å². The molecule has 2 rings (SSSR count). The molecule has 2 aromatic carbocycles. The van der Waals surface area contributed by atoms with Crippen molar-refractivity contribution in [1.82, 2.24) is 0 Å². The first-order valence-electron chi connectivity index (χ1n) is 6.04. The molecule has 0 N–H and O–H groups in total. The third kappa shape index (κ3) is 3.30. The summed E-state index contributed by atoms with van der Waals surface area (Å²) in [4.78, 5) is 0. The molecule has 106 valence electrons. The molecule has 0 spiro atoms. The fourth-order valence-electron chi connectivity index (χ4n) is 1.83. The quantitative estimate of drug-likeness (QED) is 0.658. The summed E-state index contributed by atoms with van der Waals surface area (Å²) < 4.78 is 32.8. The Morgan fingerprint density at radius 3 is 2.55 bits per heavy atom. The summed E-state index contributed by atoms with van der Waals surface area (Å²) in [6, 6.07) is 8.67. The molecule has 0 aliphatic rings. The van der Waals surface area contributed by atoms with Crippen LogP contribution in [-0.4, -0.2) is 6.61 Å². The Bertz CT molecular complexity index is 619. The Labute approximate surface area is 129 Å². The SMILES string of the molecule is CCOc1ccc(C(Cl)c2ccc(F)cc2F)cc1Br. The van der Waals surface area contributed by atoms with Crippen molar-refractivity contribution in [3.63, 3.8) is 0 Å². The van der Waals surface area contributed by atoms with Gasteiger partial charge < -0.3 is 4.74 Å². The van der Waals surface area contributed by atoms with Crippen LogP contribution in [0.1, 0.15) is 23.4 Å². The smallest absolute Gasteiger partial charge is 0.133 e. The van der Waals surface area contributed by atoms with Crippen LogP contribution in [0.15, 0.2) is 40.9 Å². The molecule has 0 aliphatic carbocycles. The van der Waals surface area contributed by atoms with E-state index in [1.165, 1.54) is 12.1 Å². The van der Waals surface area contributed by atoms with Gasteiger partial charge in [0.25, 0.3) is 0 Å². The maximum atomic E-state index is 13.7. The van der Waals surface area contributed by atoms with Crippen LogP contribution in [0.2, 0.25) is 0 Å². The second kappa shape index (κ2) is 6.55. The summed E-state index contributed by atoms with van der Waals surface area (Å²) in [5.41, 5.74) is 0.941. The molecule has 0 saturated heterocycles. The lowest BCUT2D eigenvalue weighted by molar-refractivity contribution is 0.338. The maximum Gasteiger partial charge on any atom is 0.133 e. The summed E-state index contributed by atoms with van der Waals surface area (Å²) in [6.07, 6.45) is 0. The minimum absolute atomic E-state index is 0.240. The fourth-order valence-corrected chi connectivity index (χ4v) is 2.66. The van der Waals surface area contributed by atoms with Crippen molar-refractivity contribution in [2.75, 3.05) is 6.61 Å². The van der Waals surface area contributed by atoms with E-state index in [0.29, 0.717) is 17.9 Å². The average Bonchev–Trinajstić information content (AvgIpc) is 2.40. The van der Waals surface area contributed by atoms with Crippen LogP contribution < -0.4 is 4.74 Å². The zero-order valence-electron chi connectivity index (χ0n) is 10.7. The average molecular weight is 362 g/mol. The van der Waals surface area contributed by atoms with E-state index in [1.807, 2.05) is 6.92 Å². The fraction of sp³-hybridized carbons (Fsp3) is 0.200. The van der Waals surface area contributed by atoms with Crippen LogP contribution in [0.3, 0.4) is 0 Å². The van der Waals surface area contributed by atoms with Gasteiger partial charge in [0.05, 0.1) is 16.5 Å². The monoisotopic (exact) mass is 360 g/mol. The van der Waals surface area contributed by atoms with E-state index < -0.39 is 17.0 Å². The molecule has 0 heterocycles. The molecular formula is C15H12BrClF2O. The molecule has 2 aromatic rings. The number of alkyl halides is 1. The lowest BCUT2D eigenvalue weighted by atomic mass is 10.0. The highest BCUT2D eigenvalue weighted by atomic mass is 79.9. The normalized spacial score (nSPS) is 12.2. The van der Waals surface area contributed by atoms with Gasteiger partial charge >= 0.3 is 0 Å². The molecule has 0 fully saturated rings. The van der Waals surface area contributed by atoms with Gasteiger partial charge in [0.2, 0.25) is 0 Å². The van der Waals surface area contributed by atoms with Crippen molar-refractivity contribution in [1.29, 1.82) is 0 Å². The van der Waals surface area contributed by atoms with Crippen LogP contribution in [-0.2, 0) is 0 Å². The van der Waals surface area contributed by atoms with E-state index in [2.05, 4.69) is 15.9 Å². The molecular weight excluding hydrogens is 350 g/mol. The predicted octanol–water partition coefficient (Wildman–Crippen LogP) is 5.45. The highest BCUT2D eigenvalue weighted by Gasteiger charge is 2.17. The molecule has 1 atom stereocenters. The molecule has 0 amide bonds. The molecule has 0 radical (unpaired) electrons. The van der Waals surface area contributed by atoms with Crippen LogP contribution in [0, 0.1) is 11.6 Å². The molecule has 20 heavy (non-hydrogen) atoms. The number of ether oxygens (including phenoxy) is 1. The van der Waals surface area contributed by atoms with Gasteiger partial charge in [-0.1, -0.05) is 12.1 Å². The van der Waals surface area contributed by atoms with E-state index in [-0.39, 0.29) is 5.56 Å². The van der Waals surface area contributed by atoms with Crippen LogP contribution in [0.4, 0.5) is 8.78 Å². The number of hydrogen-bond donors (Lipinski definition) is 0. The second-order valence-corrected chi connectivity index (χ2v) is 5.44. The molecule has 0 aliphatic heterocycles. The Morgan fingerprint density at radius 1 is 1.20 bits per heavy atom. The van der Waals surface area contributed by atoms with Crippen molar-refractivity contribution in [2.45, 2.75) is 12.3 Å². The Hall–Kier alpha value is -1.13. The topological polar surface area (TPSA) is 9.23 Å². The van der Waals surface area contributed by atoms with Crippen LogP contribution >= 0.6 is 27.5 Å². The third-order valence-corrected chi connectivity index (χ3v) is 3.89. The van der Waals surface area contributed by atoms with Gasteiger partial charge in [0.15, 0.2) is 0 Å². The molecule has 0 bridgehead atoms.